The molecule has 3 N–H and O–H groups in total. The molecule has 0 aliphatic rings. The number of aryl methyl sites for hydroxylation is 2. The Labute approximate surface area is 101 Å². The van der Waals surface area contributed by atoms with Gasteiger partial charge in [0.1, 0.15) is 5.82 Å². The fraction of sp³-hybridized carbons (Fsp3) is 0.308. The molecule has 0 saturated carbocycles. The lowest BCUT2D eigenvalue weighted by Crippen LogP contribution is -2.03. The minimum atomic E-state index is -0.465. The molecule has 0 aliphatic carbocycles. The van der Waals surface area contributed by atoms with Crippen molar-refractivity contribution >= 4 is 5.69 Å². The molecular weight excluding hydrogens is 214 g/mol. The summed E-state index contributed by atoms with van der Waals surface area (Å²) >= 11 is 0. The van der Waals surface area contributed by atoms with Crippen LogP contribution in [0.25, 0.3) is 0 Å². The van der Waals surface area contributed by atoms with E-state index in [4.69, 9.17) is 5.73 Å². The van der Waals surface area contributed by atoms with Gasteiger partial charge in [-0.05, 0) is 24.1 Å². The summed E-state index contributed by atoms with van der Waals surface area (Å²) in [5.74, 6) is 0.986. The van der Waals surface area contributed by atoms with E-state index in [2.05, 4.69) is 4.98 Å². The quantitative estimate of drug-likeness (QED) is 0.787. The highest BCUT2D eigenvalue weighted by Crippen LogP contribution is 2.19. The fourth-order valence-corrected chi connectivity index (χ4v) is 1.79. The number of imidazole rings is 1. The third kappa shape index (κ3) is 2.85. The second-order valence-electron chi connectivity index (χ2n) is 4.18. The van der Waals surface area contributed by atoms with E-state index in [0.717, 1.165) is 17.8 Å². The van der Waals surface area contributed by atoms with Gasteiger partial charge in [0.25, 0.3) is 0 Å². The Hall–Kier alpha value is -1.81. The molecule has 1 aromatic heterocycles. The van der Waals surface area contributed by atoms with Crippen molar-refractivity contribution in [2.24, 2.45) is 7.05 Å². The van der Waals surface area contributed by atoms with Gasteiger partial charge in [0.2, 0.25) is 0 Å². The Kier molecular flexibility index (Phi) is 3.44. The van der Waals surface area contributed by atoms with Crippen LogP contribution in [0.15, 0.2) is 36.7 Å². The molecule has 0 aliphatic heterocycles. The van der Waals surface area contributed by atoms with Gasteiger partial charge in [-0.25, -0.2) is 4.98 Å². The Balaban J connectivity index is 1.95. The van der Waals surface area contributed by atoms with Gasteiger partial charge < -0.3 is 15.4 Å². The topological polar surface area (TPSA) is 64.1 Å². The number of nitrogens with two attached hydrogens (primary N) is 1. The van der Waals surface area contributed by atoms with Crippen LogP contribution in [0.4, 0.5) is 5.69 Å². The maximum absolute atomic E-state index is 10.0. The van der Waals surface area contributed by atoms with Crippen molar-refractivity contribution in [3.63, 3.8) is 0 Å². The molecule has 90 valence electrons. The molecule has 17 heavy (non-hydrogen) atoms. The van der Waals surface area contributed by atoms with Crippen molar-refractivity contribution in [1.82, 2.24) is 9.55 Å². The van der Waals surface area contributed by atoms with E-state index < -0.39 is 6.10 Å². The van der Waals surface area contributed by atoms with Gasteiger partial charge in [-0.2, -0.15) is 0 Å². The summed E-state index contributed by atoms with van der Waals surface area (Å²) in [6, 6.07) is 7.33. The maximum Gasteiger partial charge on any atom is 0.108 e. The summed E-state index contributed by atoms with van der Waals surface area (Å²) in [4.78, 5) is 4.23. The SMILES string of the molecule is Cn1ccnc1CCC(O)c1ccc(N)cc1. The highest BCUT2D eigenvalue weighted by atomic mass is 16.3. The second-order valence-corrected chi connectivity index (χ2v) is 4.18. The summed E-state index contributed by atoms with van der Waals surface area (Å²) in [6.07, 6.45) is 4.63. The molecular formula is C13H17N3O. The van der Waals surface area contributed by atoms with Crippen LogP contribution < -0.4 is 5.73 Å². The van der Waals surface area contributed by atoms with Gasteiger partial charge in [0.15, 0.2) is 0 Å². The van der Waals surface area contributed by atoms with Gasteiger partial charge >= 0.3 is 0 Å². The van der Waals surface area contributed by atoms with E-state index in [9.17, 15) is 5.11 Å². The fourth-order valence-electron chi connectivity index (χ4n) is 1.79. The number of anilines is 1. The van der Waals surface area contributed by atoms with Crippen LogP contribution in [-0.4, -0.2) is 14.7 Å². The normalized spacial score (nSPS) is 12.6. The lowest BCUT2D eigenvalue weighted by molar-refractivity contribution is 0.167. The van der Waals surface area contributed by atoms with Crippen LogP contribution in [0, 0.1) is 0 Å². The van der Waals surface area contributed by atoms with Crippen LogP contribution in [0.2, 0.25) is 0 Å². The van der Waals surface area contributed by atoms with Crippen molar-refractivity contribution in [2.45, 2.75) is 18.9 Å². The number of aliphatic hydroxyl groups is 1. The molecule has 4 nitrogen and oxygen atoms in total. The number of hydrogen-bond acceptors (Lipinski definition) is 3. The number of aliphatic hydroxyl groups excluding tert-OH is 1. The third-order valence-corrected chi connectivity index (χ3v) is 2.88. The van der Waals surface area contributed by atoms with Crippen molar-refractivity contribution in [2.75, 3.05) is 5.73 Å². The average molecular weight is 231 g/mol. The Bertz CT molecular complexity index is 476. The molecule has 0 saturated heterocycles. The minimum Gasteiger partial charge on any atom is -0.399 e. The Morgan fingerprint density at radius 1 is 1.35 bits per heavy atom. The first-order valence-corrected chi connectivity index (χ1v) is 5.66. The first kappa shape index (κ1) is 11.7. The largest absolute Gasteiger partial charge is 0.399 e. The molecule has 1 unspecified atom stereocenters. The third-order valence-electron chi connectivity index (χ3n) is 2.88. The molecule has 0 radical (unpaired) electrons. The lowest BCUT2D eigenvalue weighted by Gasteiger charge is -2.11. The van der Waals surface area contributed by atoms with E-state index in [1.165, 1.54) is 0 Å². The molecule has 0 amide bonds. The first-order chi connectivity index (χ1) is 8.16. The second kappa shape index (κ2) is 5.01. The summed E-state index contributed by atoms with van der Waals surface area (Å²) in [6.45, 7) is 0. The van der Waals surface area contributed by atoms with Crippen molar-refractivity contribution in [3.05, 3.63) is 48.0 Å². The zero-order chi connectivity index (χ0) is 12.3. The number of aromatic nitrogens is 2. The summed E-state index contributed by atoms with van der Waals surface area (Å²) in [7, 11) is 1.96. The van der Waals surface area contributed by atoms with Gasteiger partial charge in [-0.3, -0.25) is 0 Å². The van der Waals surface area contributed by atoms with E-state index in [-0.39, 0.29) is 0 Å². The Morgan fingerprint density at radius 3 is 2.65 bits per heavy atom. The predicted octanol–water partition coefficient (Wildman–Crippen LogP) is 1.67. The summed E-state index contributed by atoms with van der Waals surface area (Å²) in [5, 5.41) is 10.0. The van der Waals surface area contributed by atoms with Crippen LogP contribution in [0.1, 0.15) is 23.9 Å². The van der Waals surface area contributed by atoms with Crippen molar-refractivity contribution < 1.29 is 5.11 Å². The number of nitrogens with zero attached hydrogens (tertiary/aromatic N) is 2. The molecule has 0 spiro atoms. The van der Waals surface area contributed by atoms with Gasteiger partial charge in [-0.1, -0.05) is 12.1 Å². The number of nitrogen functional groups attached to an aromatic ring is 1. The van der Waals surface area contributed by atoms with Crippen LogP contribution >= 0.6 is 0 Å². The highest BCUT2D eigenvalue weighted by molar-refractivity contribution is 5.39. The maximum atomic E-state index is 10.0. The lowest BCUT2D eigenvalue weighted by atomic mass is 10.0. The van der Waals surface area contributed by atoms with Crippen LogP contribution in [-0.2, 0) is 13.5 Å². The summed E-state index contributed by atoms with van der Waals surface area (Å²) < 4.78 is 1.97. The molecule has 0 fully saturated rings. The standard InChI is InChI=1S/C13H17N3O/c1-16-9-8-15-13(16)7-6-12(17)10-2-4-11(14)5-3-10/h2-5,8-9,12,17H,6-7,14H2,1H3. The zero-order valence-corrected chi connectivity index (χ0v) is 9.87. The van der Waals surface area contributed by atoms with E-state index >= 15 is 0 Å². The summed E-state index contributed by atoms with van der Waals surface area (Å²) in [5.41, 5.74) is 7.21. The van der Waals surface area contributed by atoms with E-state index in [1.807, 2.05) is 29.9 Å². The average Bonchev–Trinajstić information content (AvgIpc) is 2.73. The number of hydrogen-bond donors (Lipinski definition) is 2. The van der Waals surface area contributed by atoms with E-state index in [1.54, 1.807) is 18.3 Å². The van der Waals surface area contributed by atoms with Crippen LogP contribution in [0.5, 0.6) is 0 Å². The van der Waals surface area contributed by atoms with Crippen LogP contribution in [0.3, 0.4) is 0 Å². The molecule has 1 heterocycles. The van der Waals surface area contributed by atoms with Gasteiger partial charge in [0, 0.05) is 31.5 Å². The zero-order valence-electron chi connectivity index (χ0n) is 9.87. The Morgan fingerprint density at radius 2 is 2.06 bits per heavy atom. The van der Waals surface area contributed by atoms with E-state index in [0.29, 0.717) is 12.1 Å². The molecule has 1 aromatic carbocycles. The van der Waals surface area contributed by atoms with Crippen molar-refractivity contribution in [3.8, 4) is 0 Å². The van der Waals surface area contributed by atoms with Crippen molar-refractivity contribution in [1.29, 1.82) is 0 Å². The molecule has 4 heteroatoms. The monoisotopic (exact) mass is 231 g/mol. The van der Waals surface area contributed by atoms with Gasteiger partial charge in [-0.15, -0.1) is 0 Å². The van der Waals surface area contributed by atoms with Gasteiger partial charge in [0.05, 0.1) is 6.10 Å². The molecule has 0 bridgehead atoms. The predicted molar refractivity (Wildman–Crippen MR) is 67.3 cm³/mol. The smallest absolute Gasteiger partial charge is 0.108 e. The number of rotatable bonds is 4. The molecule has 1 atom stereocenters. The highest BCUT2D eigenvalue weighted by Gasteiger charge is 2.09. The molecule has 2 rings (SSSR count). The first-order valence-electron chi connectivity index (χ1n) is 5.66. The molecule has 2 aromatic rings. The minimum absolute atomic E-state index is 0.465. The number of benzene rings is 1.